The van der Waals surface area contributed by atoms with Gasteiger partial charge < -0.3 is 5.32 Å². The van der Waals surface area contributed by atoms with Crippen molar-refractivity contribution in [3.8, 4) is 0 Å². The third-order valence-corrected chi connectivity index (χ3v) is 5.83. The van der Waals surface area contributed by atoms with Crippen LogP contribution in [0.2, 0.25) is 10.0 Å². The van der Waals surface area contributed by atoms with Gasteiger partial charge in [0.15, 0.2) is 0 Å². The summed E-state index contributed by atoms with van der Waals surface area (Å²) >= 11 is 12.9. The Morgan fingerprint density at radius 2 is 1.86 bits per heavy atom. The molecule has 1 aliphatic rings. The maximum Gasteiger partial charge on any atom is 0.294 e. The molecule has 0 unspecified atom stereocenters. The van der Waals surface area contributed by atoms with Gasteiger partial charge in [-0.1, -0.05) is 54.4 Å². The van der Waals surface area contributed by atoms with Crippen LogP contribution in [0.15, 0.2) is 47.4 Å². The zero-order valence-electron chi connectivity index (χ0n) is 14.9. The molecule has 0 aromatic heterocycles. The zero-order valence-corrected chi connectivity index (χ0v) is 17.2. The Balaban J connectivity index is 1.70. The average Bonchev–Trinajstić information content (AvgIpc) is 2.93. The third kappa shape index (κ3) is 4.58. The maximum atomic E-state index is 12.5. The van der Waals surface area contributed by atoms with Gasteiger partial charge in [-0.3, -0.25) is 19.3 Å². The summed E-state index contributed by atoms with van der Waals surface area (Å²) in [5.74, 6) is -0.990. The van der Waals surface area contributed by atoms with Crippen molar-refractivity contribution in [2.24, 2.45) is 0 Å². The van der Waals surface area contributed by atoms with E-state index in [1.807, 2.05) is 19.1 Å². The second-order valence-electron chi connectivity index (χ2n) is 6.01. The summed E-state index contributed by atoms with van der Waals surface area (Å²) < 4.78 is 0. The molecule has 144 valence electrons. The highest BCUT2D eigenvalue weighted by atomic mass is 35.5. The van der Waals surface area contributed by atoms with Gasteiger partial charge in [-0.05, 0) is 53.6 Å². The topological polar surface area (TPSA) is 66.5 Å². The van der Waals surface area contributed by atoms with Gasteiger partial charge in [0.1, 0.15) is 6.54 Å². The van der Waals surface area contributed by atoms with Gasteiger partial charge in [-0.25, -0.2) is 0 Å². The Morgan fingerprint density at radius 3 is 2.54 bits per heavy atom. The van der Waals surface area contributed by atoms with E-state index in [1.54, 1.807) is 30.3 Å². The van der Waals surface area contributed by atoms with Gasteiger partial charge in [-0.2, -0.15) is 0 Å². The number of nitrogens with zero attached hydrogens (tertiary/aromatic N) is 1. The second-order valence-corrected chi connectivity index (χ2v) is 7.79. The number of amides is 3. The summed E-state index contributed by atoms with van der Waals surface area (Å²) in [5, 5.41) is 2.83. The van der Waals surface area contributed by atoms with E-state index in [1.165, 1.54) is 6.08 Å². The number of hydrogen-bond donors (Lipinski definition) is 1. The number of rotatable bonds is 5. The SMILES string of the molecule is CCc1ccc(NC(=O)CN2C(=O)S/C(=C/c3cccc(Cl)c3Cl)C2=O)cc1. The number of imide groups is 1. The number of benzene rings is 2. The molecule has 3 amide bonds. The molecular weight excluding hydrogens is 419 g/mol. The molecule has 28 heavy (non-hydrogen) atoms. The van der Waals surface area contributed by atoms with Gasteiger partial charge >= 0.3 is 0 Å². The minimum Gasteiger partial charge on any atom is -0.325 e. The highest BCUT2D eigenvalue weighted by molar-refractivity contribution is 8.18. The van der Waals surface area contributed by atoms with Crippen LogP contribution in [0.25, 0.3) is 6.08 Å². The number of halogens is 2. The molecule has 8 heteroatoms. The molecule has 0 bridgehead atoms. The van der Waals surface area contributed by atoms with Crippen LogP contribution in [0.3, 0.4) is 0 Å². The van der Waals surface area contributed by atoms with Crippen LogP contribution < -0.4 is 5.32 Å². The second kappa shape index (κ2) is 8.82. The molecule has 0 atom stereocenters. The predicted molar refractivity (Wildman–Crippen MR) is 114 cm³/mol. The smallest absolute Gasteiger partial charge is 0.294 e. The summed E-state index contributed by atoms with van der Waals surface area (Å²) in [4.78, 5) is 38.1. The van der Waals surface area contributed by atoms with Crippen LogP contribution in [0, 0.1) is 0 Å². The third-order valence-electron chi connectivity index (χ3n) is 4.09. The molecule has 0 radical (unpaired) electrons. The lowest BCUT2D eigenvalue weighted by Crippen LogP contribution is -2.36. The lowest BCUT2D eigenvalue weighted by atomic mass is 10.1. The molecule has 1 aliphatic heterocycles. The molecular formula is C20H16Cl2N2O3S. The summed E-state index contributed by atoms with van der Waals surface area (Å²) in [5.41, 5.74) is 2.28. The molecule has 2 aromatic rings. The van der Waals surface area contributed by atoms with Gasteiger partial charge in [0, 0.05) is 5.69 Å². The Labute approximate surface area is 176 Å². The molecule has 0 aliphatic carbocycles. The summed E-state index contributed by atoms with van der Waals surface area (Å²) in [6.45, 7) is 1.68. The van der Waals surface area contributed by atoms with Crippen molar-refractivity contribution in [1.29, 1.82) is 0 Å². The highest BCUT2D eigenvalue weighted by Crippen LogP contribution is 2.34. The minimum atomic E-state index is -0.539. The lowest BCUT2D eigenvalue weighted by molar-refractivity contribution is -0.127. The summed E-state index contributed by atoms with van der Waals surface area (Å²) in [6.07, 6.45) is 2.40. The van der Waals surface area contributed by atoms with Crippen molar-refractivity contribution in [1.82, 2.24) is 4.90 Å². The molecule has 1 fully saturated rings. The van der Waals surface area contributed by atoms with Crippen molar-refractivity contribution in [3.05, 3.63) is 68.5 Å². The maximum absolute atomic E-state index is 12.5. The van der Waals surface area contributed by atoms with E-state index < -0.39 is 17.1 Å². The van der Waals surface area contributed by atoms with Crippen molar-refractivity contribution in [3.63, 3.8) is 0 Å². The van der Waals surface area contributed by atoms with E-state index in [-0.39, 0.29) is 11.4 Å². The zero-order chi connectivity index (χ0) is 20.3. The number of carbonyl (C=O) groups is 3. The quantitative estimate of drug-likeness (QED) is 0.654. The van der Waals surface area contributed by atoms with Crippen molar-refractivity contribution >= 4 is 63.8 Å². The van der Waals surface area contributed by atoms with Crippen molar-refractivity contribution in [2.45, 2.75) is 13.3 Å². The van der Waals surface area contributed by atoms with Crippen molar-refractivity contribution < 1.29 is 14.4 Å². The first kappa shape index (κ1) is 20.5. The fourth-order valence-corrected chi connectivity index (χ4v) is 3.77. The number of thioether (sulfide) groups is 1. The number of aryl methyl sites for hydroxylation is 1. The Bertz CT molecular complexity index is 974. The summed E-state index contributed by atoms with van der Waals surface area (Å²) in [7, 11) is 0. The van der Waals surface area contributed by atoms with Gasteiger partial charge in [0.25, 0.3) is 11.1 Å². The minimum absolute atomic E-state index is 0.189. The van der Waals surface area contributed by atoms with E-state index in [2.05, 4.69) is 5.32 Å². The molecule has 1 heterocycles. The largest absolute Gasteiger partial charge is 0.325 e. The lowest BCUT2D eigenvalue weighted by Gasteiger charge is -2.12. The first-order chi connectivity index (χ1) is 13.4. The first-order valence-corrected chi connectivity index (χ1v) is 10.0. The number of carbonyl (C=O) groups excluding carboxylic acids is 3. The normalized spacial score (nSPS) is 15.4. The number of hydrogen-bond acceptors (Lipinski definition) is 4. The summed E-state index contributed by atoms with van der Waals surface area (Å²) in [6, 6.07) is 12.4. The van der Waals surface area contributed by atoms with E-state index in [0.29, 0.717) is 21.3 Å². The standard InChI is InChI=1S/C20H16Cl2N2O3S/c1-2-12-6-8-14(9-7-12)23-17(25)11-24-19(26)16(28-20(24)27)10-13-4-3-5-15(21)18(13)22/h3-10H,2,11H2,1H3,(H,23,25)/b16-10+. The molecule has 5 nitrogen and oxygen atoms in total. The van der Waals surface area contributed by atoms with Crippen LogP contribution in [0.1, 0.15) is 18.1 Å². The van der Waals surface area contributed by atoms with Gasteiger partial charge in [0.2, 0.25) is 5.91 Å². The highest BCUT2D eigenvalue weighted by Gasteiger charge is 2.36. The van der Waals surface area contributed by atoms with Gasteiger partial charge in [-0.15, -0.1) is 0 Å². The molecule has 3 rings (SSSR count). The molecule has 0 spiro atoms. The molecule has 1 saturated heterocycles. The fourth-order valence-electron chi connectivity index (χ4n) is 2.58. The van der Waals surface area contributed by atoms with Crippen LogP contribution >= 0.6 is 35.0 Å². The fraction of sp³-hybridized carbons (Fsp3) is 0.150. The number of anilines is 1. The molecule has 1 N–H and O–H groups in total. The van der Waals surface area contributed by atoms with Crippen LogP contribution in [0.5, 0.6) is 0 Å². The molecule has 0 saturated carbocycles. The first-order valence-electron chi connectivity index (χ1n) is 8.47. The Morgan fingerprint density at radius 1 is 1.14 bits per heavy atom. The van der Waals surface area contributed by atoms with Crippen LogP contribution in [-0.2, 0) is 16.0 Å². The monoisotopic (exact) mass is 434 g/mol. The predicted octanol–water partition coefficient (Wildman–Crippen LogP) is 5.23. The van der Waals surface area contributed by atoms with E-state index in [9.17, 15) is 14.4 Å². The van der Waals surface area contributed by atoms with Gasteiger partial charge in [0.05, 0.1) is 15.0 Å². The molecule has 2 aromatic carbocycles. The van der Waals surface area contributed by atoms with Crippen LogP contribution in [-0.4, -0.2) is 28.5 Å². The number of nitrogens with one attached hydrogen (secondary N) is 1. The Hall–Kier alpha value is -2.28. The van der Waals surface area contributed by atoms with E-state index >= 15 is 0 Å². The van der Waals surface area contributed by atoms with E-state index in [0.717, 1.165) is 28.6 Å². The van der Waals surface area contributed by atoms with E-state index in [4.69, 9.17) is 23.2 Å². The average molecular weight is 435 g/mol. The van der Waals surface area contributed by atoms with Crippen molar-refractivity contribution in [2.75, 3.05) is 11.9 Å². The van der Waals surface area contributed by atoms with Crippen LogP contribution in [0.4, 0.5) is 10.5 Å². The Kier molecular flexibility index (Phi) is 6.44.